The van der Waals surface area contributed by atoms with Crippen LogP contribution >= 0.6 is 0 Å². The Hall–Kier alpha value is -1.52. The molecule has 13 atom stereocenters. The summed E-state index contributed by atoms with van der Waals surface area (Å²) in [5.41, 5.74) is -2.91. The summed E-state index contributed by atoms with van der Waals surface area (Å²) < 4.78 is 66.1. The summed E-state index contributed by atoms with van der Waals surface area (Å²) in [6.45, 7) is 7.84. The highest BCUT2D eigenvalue weighted by molar-refractivity contribution is 5.95. The molecule has 0 aromatic rings. The molecule has 0 aromatic carbocycles. The third-order valence-corrected chi connectivity index (χ3v) is 12.0. The molecule has 7 rings (SSSR count). The van der Waals surface area contributed by atoms with Crippen LogP contribution in [0.1, 0.15) is 79.1 Å². The molecule has 14 heteroatoms. The van der Waals surface area contributed by atoms with Crippen LogP contribution in [-0.4, -0.2) is 78.4 Å². The Morgan fingerprint density at radius 1 is 1.04 bits per heavy atom. The van der Waals surface area contributed by atoms with Crippen LogP contribution in [0.4, 0.5) is 13.2 Å². The number of hydrogen-bond donors (Lipinski definition) is 3. The Morgan fingerprint density at radius 3 is 2.50 bits per heavy atom. The van der Waals surface area contributed by atoms with E-state index >= 15 is 0 Å². The number of carbonyl (C=O) groups excluding carboxylic acids is 1. The number of alkyl halides is 3. The smallest absolute Gasteiger partial charge is 0.449 e. The van der Waals surface area contributed by atoms with Crippen LogP contribution in [0, 0.1) is 41.4 Å². The van der Waals surface area contributed by atoms with Gasteiger partial charge in [0.05, 0.1) is 24.9 Å². The Bertz CT molecular complexity index is 1160. The summed E-state index contributed by atoms with van der Waals surface area (Å²) in [4.78, 5) is 30.1. The van der Waals surface area contributed by atoms with Gasteiger partial charge in [-0.05, 0) is 69.6 Å². The molecule has 5 heterocycles. The molecule has 262 valence electrons. The zero-order valence-corrected chi connectivity index (χ0v) is 26.9. The molecule has 2 aliphatic carbocycles. The summed E-state index contributed by atoms with van der Waals surface area (Å²) in [5, 5.41) is 23.8. The number of allylic oxidation sites excluding steroid dienone is 1. The van der Waals surface area contributed by atoms with E-state index in [0.717, 1.165) is 19.3 Å². The fourth-order valence-corrected chi connectivity index (χ4v) is 9.52. The van der Waals surface area contributed by atoms with E-state index in [1.54, 1.807) is 0 Å². The SMILES string of the molecule is CC1CCC2C(C)CCC(C(C)C(O)OCCNC(=O)C3=C(C(F)(F)F)OC4OC5CCC6C(C)CCC3C46OO5)C2(OO)CO1. The normalized spacial score (nSPS) is 43.8. The highest BCUT2D eigenvalue weighted by atomic mass is 19.4. The largest absolute Gasteiger partial charge is 0.456 e. The zero-order chi connectivity index (χ0) is 33.0. The molecule has 3 N–H and O–H groups in total. The van der Waals surface area contributed by atoms with Gasteiger partial charge in [-0.25, -0.2) is 14.7 Å². The molecule has 1 amide bonds. The Balaban J connectivity index is 1.13. The standard InChI is InChI=1S/C32H48F3NO10/c1-16-5-8-22(30(45-39)15-41-18(3)7-10-20(16)30)19(4)28(38)40-14-13-36-27(37)25-23-9-6-17(2)21-11-12-24-42-29(31(21,23)46-44-24)43-26(25)32(33,34)35/h16-24,28-29,38-39H,5-15H2,1-4H3,(H,36,37). The lowest BCUT2D eigenvalue weighted by atomic mass is 9.59. The van der Waals surface area contributed by atoms with E-state index in [1.165, 1.54) is 0 Å². The number of halogens is 3. The topological polar surface area (TPSA) is 134 Å². The van der Waals surface area contributed by atoms with Crippen LogP contribution in [0.3, 0.4) is 0 Å². The van der Waals surface area contributed by atoms with Gasteiger partial charge < -0.3 is 29.4 Å². The number of fused-ring (bicyclic) bond motifs is 3. The van der Waals surface area contributed by atoms with Gasteiger partial charge in [0.15, 0.2) is 18.2 Å². The van der Waals surface area contributed by atoms with E-state index in [2.05, 4.69) is 12.2 Å². The molecule has 2 saturated carbocycles. The summed E-state index contributed by atoms with van der Waals surface area (Å²) in [7, 11) is 0. The lowest BCUT2D eigenvalue weighted by molar-refractivity contribution is -0.527. The van der Waals surface area contributed by atoms with E-state index in [0.29, 0.717) is 31.6 Å². The van der Waals surface area contributed by atoms with Crippen molar-refractivity contribution in [3.8, 4) is 0 Å². The average molecular weight is 664 g/mol. The third kappa shape index (κ3) is 5.78. The molecule has 2 bridgehead atoms. The predicted molar refractivity (Wildman–Crippen MR) is 153 cm³/mol. The van der Waals surface area contributed by atoms with Gasteiger partial charge in [0.2, 0.25) is 12.0 Å². The van der Waals surface area contributed by atoms with Crippen molar-refractivity contribution in [3.63, 3.8) is 0 Å². The Morgan fingerprint density at radius 2 is 1.76 bits per heavy atom. The average Bonchev–Trinajstić information content (AvgIpc) is 3.40. The highest BCUT2D eigenvalue weighted by Gasteiger charge is 2.69. The van der Waals surface area contributed by atoms with Gasteiger partial charge in [0, 0.05) is 36.6 Å². The fourth-order valence-electron chi connectivity index (χ4n) is 9.52. The van der Waals surface area contributed by atoms with Crippen molar-refractivity contribution in [2.45, 2.75) is 121 Å². The van der Waals surface area contributed by atoms with Crippen molar-refractivity contribution in [1.82, 2.24) is 5.32 Å². The highest BCUT2D eigenvalue weighted by Crippen LogP contribution is 2.60. The number of ether oxygens (including phenoxy) is 4. The molecule has 0 aromatic heterocycles. The molecule has 0 radical (unpaired) electrons. The summed E-state index contributed by atoms with van der Waals surface area (Å²) in [6.07, 6.45) is -3.23. The van der Waals surface area contributed by atoms with Crippen LogP contribution in [0.25, 0.3) is 0 Å². The second-order valence-corrected chi connectivity index (χ2v) is 14.5. The number of aliphatic hydroxyl groups excluding tert-OH is 1. The minimum atomic E-state index is -4.94. The summed E-state index contributed by atoms with van der Waals surface area (Å²) >= 11 is 0. The van der Waals surface area contributed by atoms with E-state index < -0.39 is 65.3 Å². The first-order chi connectivity index (χ1) is 21.8. The lowest BCUT2D eigenvalue weighted by Gasteiger charge is -2.56. The number of amides is 1. The third-order valence-electron chi connectivity index (χ3n) is 12.0. The maximum Gasteiger partial charge on any atom is 0.449 e. The molecule has 11 nitrogen and oxygen atoms in total. The van der Waals surface area contributed by atoms with Crippen molar-refractivity contribution in [1.29, 1.82) is 0 Å². The second kappa shape index (κ2) is 13.1. The lowest BCUT2D eigenvalue weighted by Crippen LogP contribution is -2.67. The van der Waals surface area contributed by atoms with Gasteiger partial charge >= 0.3 is 6.18 Å². The maximum absolute atomic E-state index is 14.4. The minimum Gasteiger partial charge on any atom is -0.456 e. The van der Waals surface area contributed by atoms with Crippen molar-refractivity contribution >= 4 is 5.91 Å². The summed E-state index contributed by atoms with van der Waals surface area (Å²) in [5.74, 6) is -3.82. The van der Waals surface area contributed by atoms with E-state index in [-0.39, 0.29) is 56.0 Å². The van der Waals surface area contributed by atoms with Crippen molar-refractivity contribution < 1.29 is 61.9 Å². The Labute approximate surface area is 267 Å². The van der Waals surface area contributed by atoms with Gasteiger partial charge in [-0.1, -0.05) is 20.8 Å². The maximum atomic E-state index is 14.4. The van der Waals surface area contributed by atoms with E-state index in [4.69, 9.17) is 33.6 Å². The van der Waals surface area contributed by atoms with Crippen LogP contribution in [0.15, 0.2) is 11.3 Å². The molecule has 1 spiro atoms. The molecule has 5 aliphatic heterocycles. The minimum absolute atomic E-state index is 0.0192. The molecule has 4 saturated heterocycles. The van der Waals surface area contributed by atoms with Gasteiger partial charge in [0.1, 0.15) is 5.60 Å². The van der Waals surface area contributed by atoms with Crippen molar-refractivity contribution in [2.24, 2.45) is 41.4 Å². The van der Waals surface area contributed by atoms with Gasteiger partial charge in [-0.3, -0.25) is 10.1 Å². The molecule has 6 fully saturated rings. The Kier molecular flexibility index (Phi) is 9.76. The molecule has 13 unspecified atom stereocenters. The zero-order valence-electron chi connectivity index (χ0n) is 26.9. The van der Waals surface area contributed by atoms with E-state index in [1.807, 2.05) is 20.8 Å². The van der Waals surface area contributed by atoms with Gasteiger partial charge in [0.25, 0.3) is 5.91 Å². The first-order valence-corrected chi connectivity index (χ1v) is 16.8. The van der Waals surface area contributed by atoms with Crippen LogP contribution in [0.2, 0.25) is 0 Å². The first kappa shape index (κ1) is 34.3. The second-order valence-electron chi connectivity index (χ2n) is 14.5. The fraction of sp³-hybridized carbons (Fsp3) is 0.906. The van der Waals surface area contributed by atoms with Crippen molar-refractivity contribution in [2.75, 3.05) is 19.8 Å². The number of carbonyl (C=O) groups is 1. The first-order valence-electron chi connectivity index (χ1n) is 16.8. The summed E-state index contributed by atoms with van der Waals surface area (Å²) in [6, 6.07) is 0. The number of aliphatic hydroxyl groups is 1. The number of hydrogen-bond acceptors (Lipinski definition) is 10. The van der Waals surface area contributed by atoms with Crippen LogP contribution < -0.4 is 5.32 Å². The molecule has 7 aliphatic rings. The van der Waals surface area contributed by atoms with E-state index in [9.17, 15) is 28.3 Å². The quantitative estimate of drug-likeness (QED) is 0.143. The molecular formula is C32H48F3NO10. The van der Waals surface area contributed by atoms with Crippen LogP contribution in [-0.2, 0) is 38.4 Å². The van der Waals surface area contributed by atoms with Crippen molar-refractivity contribution in [3.05, 3.63) is 11.3 Å². The van der Waals surface area contributed by atoms with Crippen LogP contribution in [0.5, 0.6) is 0 Å². The van der Waals surface area contributed by atoms with Gasteiger partial charge in [-0.15, -0.1) is 0 Å². The number of rotatable bonds is 8. The van der Waals surface area contributed by atoms with Gasteiger partial charge in [-0.2, -0.15) is 13.2 Å². The number of nitrogens with one attached hydrogen (secondary N) is 1. The monoisotopic (exact) mass is 663 g/mol. The predicted octanol–water partition coefficient (Wildman–Crippen LogP) is 4.84. The molecular weight excluding hydrogens is 615 g/mol. The molecule has 46 heavy (non-hydrogen) atoms.